The first kappa shape index (κ1) is 45.8. The van der Waals surface area contributed by atoms with Crippen molar-refractivity contribution < 1.29 is 51.3 Å². The highest BCUT2D eigenvalue weighted by Crippen LogP contribution is 2.40. The first-order valence-electron chi connectivity index (χ1n) is 21.3. The Balaban J connectivity index is 1.05. The fourth-order valence-electron chi connectivity index (χ4n) is 8.78. The Kier molecular flexibility index (Phi) is 13.2. The number of pyridine rings is 1. The van der Waals surface area contributed by atoms with Gasteiger partial charge < -0.3 is 44.9 Å². The maximum absolute atomic E-state index is 16.0. The van der Waals surface area contributed by atoms with E-state index in [1.54, 1.807) is 35.4 Å². The minimum atomic E-state index is -5.29. The smallest absolute Gasteiger partial charge is 0.465 e. The van der Waals surface area contributed by atoms with Gasteiger partial charge in [0, 0.05) is 67.7 Å². The molecule has 5 heterocycles. The number of carboxylic acid groups (broad SMARTS) is 1. The minimum absolute atomic E-state index is 0.0505. The largest absolute Gasteiger partial charge is 0.573 e. The summed E-state index contributed by atoms with van der Waals surface area (Å²) in [5.41, 5.74) is -0.0855. The van der Waals surface area contributed by atoms with Gasteiger partial charge in [0.2, 0.25) is 11.8 Å². The Morgan fingerprint density at radius 1 is 0.922 bits per heavy atom. The molecule has 4 atom stereocenters. The standard InChI is InChI=1S/C45H52F4N8O7/c1-25-6-14-34(57(25)41(59)37(54-43(61)62)29-16-20-63-21-17-29)39-51-23-33(53-39)28-9-7-27(8-10-28)31-12-13-32(36(46)38(31)64-45(47,48)49)40(58)52-30-11-15-35(50-22-30)56-19-18-55(24-26(56)2)42(60)44(3,4)5/h7-13,15,22-23,25-26,29,34,37,54H,6,14,16-21,24H2,1-5H3,(H,51,53)(H,52,58)(H,61,62)/t25-,26+,34-,37-/m0/s1. The molecular formula is C45H52F4N8O7. The van der Waals surface area contributed by atoms with Crippen LogP contribution in [0.15, 0.2) is 60.9 Å². The summed E-state index contributed by atoms with van der Waals surface area (Å²) < 4.78 is 66.9. The Morgan fingerprint density at radius 2 is 1.62 bits per heavy atom. The number of aromatic amines is 1. The van der Waals surface area contributed by atoms with E-state index in [4.69, 9.17) is 9.72 Å². The van der Waals surface area contributed by atoms with Crippen molar-refractivity contribution in [1.82, 2.24) is 30.1 Å². The lowest BCUT2D eigenvalue weighted by Crippen LogP contribution is -2.56. The summed E-state index contributed by atoms with van der Waals surface area (Å²) >= 11 is 0. The molecule has 2 aromatic heterocycles. The zero-order valence-electron chi connectivity index (χ0n) is 36.2. The molecule has 3 saturated heterocycles. The zero-order valence-corrected chi connectivity index (χ0v) is 36.2. The Morgan fingerprint density at radius 3 is 2.25 bits per heavy atom. The van der Waals surface area contributed by atoms with Crippen molar-refractivity contribution in [2.45, 2.75) is 90.8 Å². The normalized spacial score (nSPS) is 20.2. The predicted octanol–water partition coefficient (Wildman–Crippen LogP) is 7.63. The summed E-state index contributed by atoms with van der Waals surface area (Å²) in [6.07, 6.45) is -1.26. The van der Waals surface area contributed by atoms with Crippen LogP contribution in [-0.4, -0.2) is 111 Å². The van der Waals surface area contributed by atoms with E-state index in [1.165, 1.54) is 24.4 Å². The van der Waals surface area contributed by atoms with Crippen LogP contribution in [0.25, 0.3) is 22.4 Å². The Hall–Kier alpha value is -6.24. The lowest BCUT2D eigenvalue weighted by molar-refractivity contribution is -0.275. The molecule has 4 N–H and O–H groups in total. The first-order chi connectivity index (χ1) is 30.3. The lowest BCUT2D eigenvalue weighted by atomic mass is 9.90. The molecule has 0 aliphatic carbocycles. The molecule has 4 aromatic rings. The third-order valence-corrected chi connectivity index (χ3v) is 12.0. The lowest BCUT2D eigenvalue weighted by Gasteiger charge is -2.42. The average molecular weight is 893 g/mol. The number of rotatable bonds is 10. The minimum Gasteiger partial charge on any atom is -0.465 e. The first-order valence-corrected chi connectivity index (χ1v) is 21.3. The second kappa shape index (κ2) is 18.5. The summed E-state index contributed by atoms with van der Waals surface area (Å²) in [4.78, 5) is 69.7. The third-order valence-electron chi connectivity index (χ3n) is 12.0. The maximum Gasteiger partial charge on any atom is 0.573 e. The number of carbonyl (C=O) groups is 4. The van der Waals surface area contributed by atoms with Crippen LogP contribution in [-0.2, 0) is 14.3 Å². The average Bonchev–Trinajstić information content (AvgIpc) is 3.90. The van der Waals surface area contributed by atoms with E-state index in [1.807, 2.05) is 44.4 Å². The number of likely N-dealkylation sites (tertiary alicyclic amines) is 1. The molecule has 0 spiro atoms. The fourth-order valence-corrected chi connectivity index (χ4v) is 8.78. The number of halogens is 4. The highest BCUT2D eigenvalue weighted by atomic mass is 19.4. The molecule has 3 aliphatic rings. The molecule has 342 valence electrons. The van der Waals surface area contributed by atoms with Gasteiger partial charge in [-0.25, -0.2) is 19.2 Å². The molecule has 7 rings (SSSR count). The van der Waals surface area contributed by atoms with E-state index in [0.29, 0.717) is 81.4 Å². The summed E-state index contributed by atoms with van der Waals surface area (Å²) in [7, 11) is 0. The van der Waals surface area contributed by atoms with Crippen LogP contribution in [0.5, 0.6) is 5.75 Å². The summed E-state index contributed by atoms with van der Waals surface area (Å²) in [6.45, 7) is 11.9. The fraction of sp³-hybridized carbons (Fsp3) is 0.467. The van der Waals surface area contributed by atoms with Crippen LogP contribution >= 0.6 is 0 Å². The van der Waals surface area contributed by atoms with E-state index in [9.17, 15) is 37.5 Å². The molecule has 64 heavy (non-hydrogen) atoms. The van der Waals surface area contributed by atoms with Crippen LogP contribution in [0, 0.1) is 17.2 Å². The molecule has 4 amide bonds. The van der Waals surface area contributed by atoms with Crippen molar-refractivity contribution in [3.8, 4) is 28.1 Å². The van der Waals surface area contributed by atoms with E-state index in [2.05, 4.69) is 25.3 Å². The Labute approximate surface area is 367 Å². The number of ether oxygens (including phenoxy) is 2. The number of H-pyrrole nitrogens is 1. The van der Waals surface area contributed by atoms with Gasteiger partial charge in [-0.2, -0.15) is 0 Å². The predicted molar refractivity (Wildman–Crippen MR) is 228 cm³/mol. The van der Waals surface area contributed by atoms with Crippen molar-refractivity contribution in [2.75, 3.05) is 43.1 Å². The topological polar surface area (TPSA) is 182 Å². The number of alkyl halides is 3. The van der Waals surface area contributed by atoms with Crippen LogP contribution in [0.3, 0.4) is 0 Å². The molecule has 0 unspecified atom stereocenters. The number of anilines is 2. The molecule has 0 radical (unpaired) electrons. The van der Waals surface area contributed by atoms with Crippen molar-refractivity contribution in [1.29, 1.82) is 0 Å². The summed E-state index contributed by atoms with van der Waals surface area (Å²) in [5.74, 6) is -3.14. The van der Waals surface area contributed by atoms with Gasteiger partial charge in [-0.15, -0.1) is 13.2 Å². The van der Waals surface area contributed by atoms with Gasteiger partial charge in [0.05, 0.1) is 29.2 Å². The zero-order chi connectivity index (χ0) is 46.1. The van der Waals surface area contributed by atoms with Crippen LogP contribution in [0.1, 0.15) is 82.5 Å². The third kappa shape index (κ3) is 10.1. The highest BCUT2D eigenvalue weighted by molar-refractivity contribution is 6.05. The number of aromatic nitrogens is 3. The molecular weight excluding hydrogens is 841 g/mol. The van der Waals surface area contributed by atoms with E-state index < -0.39 is 53.0 Å². The van der Waals surface area contributed by atoms with Gasteiger partial charge in [-0.05, 0) is 75.3 Å². The van der Waals surface area contributed by atoms with Crippen LogP contribution < -0.4 is 20.3 Å². The molecule has 0 bridgehead atoms. The van der Waals surface area contributed by atoms with Gasteiger partial charge in [-0.1, -0.05) is 45.0 Å². The number of benzene rings is 2. The van der Waals surface area contributed by atoms with E-state index >= 15 is 4.39 Å². The van der Waals surface area contributed by atoms with Gasteiger partial charge in [0.25, 0.3) is 5.91 Å². The number of nitrogens with one attached hydrogen (secondary N) is 3. The van der Waals surface area contributed by atoms with Gasteiger partial charge in [-0.3, -0.25) is 14.4 Å². The second-order valence-electron chi connectivity index (χ2n) is 17.6. The van der Waals surface area contributed by atoms with Crippen LogP contribution in [0.2, 0.25) is 0 Å². The molecule has 2 aromatic carbocycles. The van der Waals surface area contributed by atoms with Crippen molar-refractivity contribution in [3.05, 3.63) is 78.1 Å². The van der Waals surface area contributed by atoms with Crippen LogP contribution in [0.4, 0.5) is 33.9 Å². The highest BCUT2D eigenvalue weighted by Gasteiger charge is 2.43. The summed E-state index contributed by atoms with van der Waals surface area (Å²) in [5, 5.41) is 14.5. The molecule has 0 saturated carbocycles. The van der Waals surface area contributed by atoms with Gasteiger partial charge >= 0.3 is 12.5 Å². The van der Waals surface area contributed by atoms with Crippen molar-refractivity contribution in [2.24, 2.45) is 11.3 Å². The number of hydrogen-bond donors (Lipinski definition) is 4. The number of amides is 4. The number of carbonyl (C=O) groups excluding carboxylic acids is 3. The van der Waals surface area contributed by atoms with Crippen molar-refractivity contribution >= 4 is 35.3 Å². The van der Waals surface area contributed by atoms with Gasteiger partial charge in [0.15, 0.2) is 11.6 Å². The van der Waals surface area contributed by atoms with Crippen molar-refractivity contribution in [3.63, 3.8) is 0 Å². The number of nitrogens with zero attached hydrogens (tertiary/aromatic N) is 5. The van der Waals surface area contributed by atoms with E-state index in [-0.39, 0.29) is 46.6 Å². The maximum atomic E-state index is 16.0. The van der Waals surface area contributed by atoms with Gasteiger partial charge in [0.1, 0.15) is 17.7 Å². The molecule has 3 aliphatic heterocycles. The Bertz CT molecular complexity index is 2350. The quantitative estimate of drug-likeness (QED) is 0.116. The number of hydrogen-bond acceptors (Lipinski definition) is 9. The van der Waals surface area contributed by atoms with E-state index in [0.717, 1.165) is 6.07 Å². The SMILES string of the molecule is C[C@@H]1CN(C(=O)C(C)(C)C)CCN1c1ccc(NC(=O)c2ccc(-c3ccc(-c4c[nH]c([C@@H]5CC[C@H](C)N5C(=O)[C@@H](NC(=O)O)C5CCOCC5)n4)cc3)c(OC(F)(F)F)c2F)cn1. The molecule has 3 fully saturated rings. The number of imidazole rings is 1. The molecule has 15 nitrogen and oxygen atoms in total. The molecule has 19 heteroatoms. The summed E-state index contributed by atoms with van der Waals surface area (Å²) in [6, 6.07) is 9.94. The monoisotopic (exact) mass is 892 g/mol. The number of piperazine rings is 1. The second-order valence-corrected chi connectivity index (χ2v) is 17.6.